The van der Waals surface area contributed by atoms with Crippen molar-refractivity contribution < 1.29 is 14.7 Å². The molecule has 0 aromatic carbocycles. The minimum Gasteiger partial charge on any atom is -0.480 e. The van der Waals surface area contributed by atoms with E-state index in [1.807, 2.05) is 6.20 Å². The molecular weight excluding hydrogens is 284 g/mol. The minimum absolute atomic E-state index is 0.0333. The lowest BCUT2D eigenvalue weighted by molar-refractivity contribution is -0.147. The van der Waals surface area contributed by atoms with Crippen LogP contribution in [0.2, 0.25) is 0 Å². The average molecular weight is 306 g/mol. The van der Waals surface area contributed by atoms with E-state index in [1.165, 1.54) is 11.8 Å². The number of carbonyl (C=O) groups excluding carboxylic acids is 1. The summed E-state index contributed by atoms with van der Waals surface area (Å²) in [7, 11) is 0. The molecule has 7 nitrogen and oxygen atoms in total. The largest absolute Gasteiger partial charge is 0.480 e. The maximum absolute atomic E-state index is 11.7. The van der Waals surface area contributed by atoms with Gasteiger partial charge in [0.05, 0.1) is 6.54 Å². The number of aliphatic carboxylic acids is 1. The van der Waals surface area contributed by atoms with Crippen LogP contribution in [0.4, 0.5) is 0 Å². The molecule has 1 spiro atoms. The van der Waals surface area contributed by atoms with Crippen LogP contribution in [-0.2, 0) is 16.1 Å². The molecule has 1 unspecified atom stereocenters. The Kier molecular flexibility index (Phi) is 3.90. The van der Waals surface area contributed by atoms with Crippen LogP contribution in [0.1, 0.15) is 32.0 Å². The van der Waals surface area contributed by atoms with E-state index in [4.69, 9.17) is 0 Å². The molecule has 0 radical (unpaired) electrons. The lowest BCUT2D eigenvalue weighted by atomic mass is 9.76. The average Bonchev–Trinajstić information content (AvgIpc) is 3.10. The second-order valence-corrected chi connectivity index (χ2v) is 6.52. The highest BCUT2D eigenvalue weighted by molar-refractivity contribution is 5.83. The summed E-state index contributed by atoms with van der Waals surface area (Å²) in [4.78, 5) is 34.3. The topological polar surface area (TPSA) is 89.5 Å². The number of imidazole rings is 1. The Labute approximate surface area is 129 Å². The lowest BCUT2D eigenvalue weighted by Gasteiger charge is -2.38. The molecule has 2 aliphatic heterocycles. The molecule has 2 saturated heterocycles. The molecule has 2 N–H and O–H groups in total. The molecule has 120 valence electrons. The molecule has 7 heteroatoms. The third kappa shape index (κ3) is 2.85. The van der Waals surface area contributed by atoms with E-state index in [2.05, 4.69) is 14.9 Å². The predicted molar refractivity (Wildman–Crippen MR) is 79.0 cm³/mol. The van der Waals surface area contributed by atoms with E-state index in [9.17, 15) is 14.7 Å². The highest BCUT2D eigenvalue weighted by Crippen LogP contribution is 2.43. The van der Waals surface area contributed by atoms with Crippen LogP contribution in [0.5, 0.6) is 0 Å². The summed E-state index contributed by atoms with van der Waals surface area (Å²) in [5, 5.41) is 9.35. The zero-order chi connectivity index (χ0) is 15.7. The monoisotopic (exact) mass is 306 g/mol. The number of carboxylic acids is 1. The molecule has 3 rings (SSSR count). The number of rotatable bonds is 3. The van der Waals surface area contributed by atoms with E-state index in [-0.39, 0.29) is 11.3 Å². The maximum atomic E-state index is 11.7. The van der Waals surface area contributed by atoms with Gasteiger partial charge < -0.3 is 15.0 Å². The molecule has 0 aliphatic carbocycles. The molecule has 1 amide bonds. The van der Waals surface area contributed by atoms with Gasteiger partial charge in [0.2, 0.25) is 5.91 Å². The first kappa shape index (κ1) is 15.0. The molecule has 22 heavy (non-hydrogen) atoms. The van der Waals surface area contributed by atoms with Gasteiger partial charge in [0.1, 0.15) is 11.9 Å². The minimum atomic E-state index is -0.884. The van der Waals surface area contributed by atoms with Crippen molar-refractivity contribution in [2.45, 2.75) is 38.8 Å². The Morgan fingerprint density at radius 3 is 2.68 bits per heavy atom. The zero-order valence-electron chi connectivity index (χ0n) is 12.8. The number of amides is 1. The van der Waals surface area contributed by atoms with Gasteiger partial charge in [0, 0.05) is 25.9 Å². The van der Waals surface area contributed by atoms with Gasteiger partial charge in [-0.05, 0) is 37.8 Å². The van der Waals surface area contributed by atoms with Crippen LogP contribution >= 0.6 is 0 Å². The van der Waals surface area contributed by atoms with Crippen molar-refractivity contribution in [3.05, 3.63) is 18.2 Å². The van der Waals surface area contributed by atoms with Crippen molar-refractivity contribution in [2.24, 2.45) is 5.41 Å². The number of likely N-dealkylation sites (tertiary alicyclic amines) is 2. The quantitative estimate of drug-likeness (QED) is 0.858. The standard InChI is InChI=1S/C15H22N4O3/c1-11(20)19-10-15(8-12(19)14(21)22)2-6-18(7-3-15)9-13-16-4-5-17-13/h4-5,12H,2-3,6-10H2,1H3,(H,16,17)(H,21,22). The molecule has 0 bridgehead atoms. The summed E-state index contributed by atoms with van der Waals surface area (Å²) < 4.78 is 0. The van der Waals surface area contributed by atoms with Crippen LogP contribution in [0.15, 0.2) is 12.4 Å². The third-order valence-corrected chi connectivity index (χ3v) is 5.04. The van der Waals surface area contributed by atoms with Crippen LogP contribution in [0.25, 0.3) is 0 Å². The number of carbonyl (C=O) groups is 2. The Hall–Kier alpha value is -1.89. The van der Waals surface area contributed by atoms with Crippen molar-refractivity contribution >= 4 is 11.9 Å². The summed E-state index contributed by atoms with van der Waals surface area (Å²) >= 11 is 0. The maximum Gasteiger partial charge on any atom is 0.326 e. The SMILES string of the molecule is CC(=O)N1CC2(CCN(Cc3ncc[nH]3)CC2)CC1C(=O)O. The van der Waals surface area contributed by atoms with Crippen molar-refractivity contribution in [3.8, 4) is 0 Å². The smallest absolute Gasteiger partial charge is 0.326 e. The highest BCUT2D eigenvalue weighted by Gasteiger charge is 2.49. The molecular formula is C15H22N4O3. The van der Waals surface area contributed by atoms with Crippen molar-refractivity contribution in [1.82, 2.24) is 19.8 Å². The Balaban J connectivity index is 1.62. The Morgan fingerprint density at radius 2 is 2.18 bits per heavy atom. The van der Waals surface area contributed by atoms with Crippen LogP contribution < -0.4 is 0 Å². The van der Waals surface area contributed by atoms with Gasteiger partial charge in [0.15, 0.2) is 0 Å². The molecule has 0 saturated carbocycles. The van der Waals surface area contributed by atoms with Crippen LogP contribution in [0, 0.1) is 5.41 Å². The Morgan fingerprint density at radius 1 is 1.45 bits per heavy atom. The molecule has 1 atom stereocenters. The van der Waals surface area contributed by atoms with Crippen LogP contribution in [-0.4, -0.2) is 62.4 Å². The summed E-state index contributed by atoms with van der Waals surface area (Å²) in [6, 6.07) is -0.658. The van der Waals surface area contributed by atoms with E-state index in [0.717, 1.165) is 38.3 Å². The third-order valence-electron chi connectivity index (χ3n) is 5.04. The number of aromatic amines is 1. The summed E-state index contributed by atoms with van der Waals surface area (Å²) in [6.45, 7) is 4.66. The zero-order valence-corrected chi connectivity index (χ0v) is 12.8. The number of hydrogen-bond acceptors (Lipinski definition) is 4. The number of nitrogens with zero attached hydrogens (tertiary/aromatic N) is 3. The first-order chi connectivity index (χ1) is 10.5. The van der Waals surface area contributed by atoms with Gasteiger partial charge in [-0.1, -0.05) is 0 Å². The molecule has 1 aromatic rings. The second-order valence-electron chi connectivity index (χ2n) is 6.52. The number of nitrogens with one attached hydrogen (secondary N) is 1. The first-order valence-corrected chi connectivity index (χ1v) is 7.70. The van der Waals surface area contributed by atoms with Crippen LogP contribution in [0.3, 0.4) is 0 Å². The number of piperidine rings is 1. The van der Waals surface area contributed by atoms with Gasteiger partial charge in [-0.2, -0.15) is 0 Å². The fourth-order valence-corrected chi connectivity index (χ4v) is 3.75. The van der Waals surface area contributed by atoms with Gasteiger partial charge in [-0.3, -0.25) is 9.69 Å². The van der Waals surface area contributed by atoms with E-state index >= 15 is 0 Å². The molecule has 2 aliphatic rings. The number of aromatic nitrogens is 2. The number of carboxylic acid groups (broad SMARTS) is 1. The number of H-pyrrole nitrogens is 1. The van der Waals surface area contributed by atoms with E-state index in [0.29, 0.717) is 13.0 Å². The summed E-state index contributed by atoms with van der Waals surface area (Å²) in [6.07, 6.45) is 6.01. The van der Waals surface area contributed by atoms with Gasteiger partial charge in [-0.15, -0.1) is 0 Å². The van der Waals surface area contributed by atoms with Gasteiger partial charge >= 0.3 is 5.97 Å². The fraction of sp³-hybridized carbons (Fsp3) is 0.667. The first-order valence-electron chi connectivity index (χ1n) is 7.70. The molecule has 1 aromatic heterocycles. The highest BCUT2D eigenvalue weighted by atomic mass is 16.4. The van der Waals surface area contributed by atoms with Gasteiger partial charge in [-0.25, -0.2) is 9.78 Å². The lowest BCUT2D eigenvalue weighted by Crippen LogP contribution is -2.42. The van der Waals surface area contributed by atoms with Crippen molar-refractivity contribution in [3.63, 3.8) is 0 Å². The molecule has 3 heterocycles. The van der Waals surface area contributed by atoms with Crippen molar-refractivity contribution in [1.29, 1.82) is 0 Å². The van der Waals surface area contributed by atoms with Gasteiger partial charge in [0.25, 0.3) is 0 Å². The summed E-state index contributed by atoms with van der Waals surface area (Å²) in [5.41, 5.74) is -0.0333. The normalized spacial score (nSPS) is 24.8. The molecule has 2 fully saturated rings. The van der Waals surface area contributed by atoms with E-state index < -0.39 is 12.0 Å². The van der Waals surface area contributed by atoms with Crippen molar-refractivity contribution in [2.75, 3.05) is 19.6 Å². The number of hydrogen-bond donors (Lipinski definition) is 2. The van der Waals surface area contributed by atoms with E-state index in [1.54, 1.807) is 6.20 Å². The fourth-order valence-electron chi connectivity index (χ4n) is 3.75. The Bertz CT molecular complexity index is 525. The predicted octanol–water partition coefficient (Wildman–Crippen LogP) is 0.697. The summed E-state index contributed by atoms with van der Waals surface area (Å²) in [5.74, 6) is -0.0662. The second kappa shape index (κ2) is 5.72.